The minimum absolute atomic E-state index is 0.0984. The van der Waals surface area contributed by atoms with Crippen LogP contribution in [0.5, 0.6) is 0 Å². The molecule has 3 nitrogen and oxygen atoms in total. The van der Waals surface area contributed by atoms with Gasteiger partial charge in [0.15, 0.2) is 0 Å². The fourth-order valence-electron chi connectivity index (χ4n) is 7.32. The zero-order valence-corrected chi connectivity index (χ0v) is 21.2. The van der Waals surface area contributed by atoms with E-state index in [0.717, 1.165) is 36.3 Å². The highest BCUT2D eigenvalue weighted by Crippen LogP contribution is 2.60. The summed E-state index contributed by atoms with van der Waals surface area (Å²) in [7, 11) is 0. The lowest BCUT2D eigenvalue weighted by Crippen LogP contribution is -2.38. The molecule has 0 amide bonds. The van der Waals surface area contributed by atoms with Gasteiger partial charge in [0.25, 0.3) is 0 Å². The van der Waals surface area contributed by atoms with Crippen LogP contribution in [0.25, 0.3) is 0 Å². The summed E-state index contributed by atoms with van der Waals surface area (Å²) in [6.45, 7) is 15.0. The topological polar surface area (TPSA) is 60.7 Å². The van der Waals surface area contributed by atoms with Crippen LogP contribution in [0.4, 0.5) is 0 Å². The molecule has 0 bridgehead atoms. The number of fused-ring (bicyclic) bond motifs is 1. The first kappa shape index (κ1) is 25.7. The van der Waals surface area contributed by atoms with Crippen LogP contribution >= 0.6 is 0 Å². The maximum Gasteiger partial charge on any atom is 0.0839 e. The molecule has 182 valence electrons. The second kappa shape index (κ2) is 10.2. The van der Waals surface area contributed by atoms with Crippen molar-refractivity contribution in [2.75, 3.05) is 0 Å². The molecular formula is C29H48O3. The van der Waals surface area contributed by atoms with Crippen molar-refractivity contribution < 1.29 is 15.3 Å². The minimum Gasteiger partial charge on any atom is -0.392 e. The molecule has 3 heteroatoms. The van der Waals surface area contributed by atoms with Crippen molar-refractivity contribution in [3.8, 4) is 0 Å². The predicted octanol–water partition coefficient (Wildman–Crippen LogP) is 6.34. The number of aliphatic hydroxyl groups excluding tert-OH is 2. The van der Waals surface area contributed by atoms with Gasteiger partial charge in [0.2, 0.25) is 0 Å². The molecule has 0 spiro atoms. The molecule has 3 aliphatic carbocycles. The van der Waals surface area contributed by atoms with E-state index in [1.807, 2.05) is 20.8 Å². The maximum atomic E-state index is 10.6. The van der Waals surface area contributed by atoms with Crippen LogP contribution in [-0.4, -0.2) is 33.1 Å². The third-order valence-electron chi connectivity index (χ3n) is 9.24. The third-order valence-corrected chi connectivity index (χ3v) is 9.24. The van der Waals surface area contributed by atoms with Crippen molar-refractivity contribution in [1.29, 1.82) is 0 Å². The zero-order chi connectivity index (χ0) is 23.7. The molecule has 0 aromatic carbocycles. The molecule has 1 unspecified atom stereocenters. The lowest BCUT2D eigenvalue weighted by Gasteiger charge is -2.44. The Morgan fingerprint density at radius 3 is 2.59 bits per heavy atom. The second-order valence-electron chi connectivity index (χ2n) is 12.0. The number of aliphatic hydroxyl groups is 3. The summed E-state index contributed by atoms with van der Waals surface area (Å²) in [4.78, 5) is 0. The quantitative estimate of drug-likeness (QED) is 0.429. The van der Waals surface area contributed by atoms with Crippen LogP contribution < -0.4 is 0 Å². The van der Waals surface area contributed by atoms with Gasteiger partial charge >= 0.3 is 0 Å². The molecule has 3 rings (SSSR count). The van der Waals surface area contributed by atoms with Crippen molar-refractivity contribution in [3.63, 3.8) is 0 Å². The number of allylic oxidation sites excluding steroid dienone is 3. The molecule has 0 heterocycles. The molecular weight excluding hydrogens is 396 g/mol. The zero-order valence-electron chi connectivity index (χ0n) is 21.2. The van der Waals surface area contributed by atoms with Gasteiger partial charge in [-0.25, -0.2) is 0 Å². The average Bonchev–Trinajstić information content (AvgIpc) is 3.06. The van der Waals surface area contributed by atoms with Crippen LogP contribution in [0.1, 0.15) is 98.8 Å². The molecule has 0 aromatic rings. The van der Waals surface area contributed by atoms with E-state index < -0.39 is 17.8 Å². The first-order chi connectivity index (χ1) is 15.0. The predicted molar refractivity (Wildman–Crippen MR) is 133 cm³/mol. The SMILES string of the molecule is C=C1/C(=C\C=C2CCC[C@@]3(C)C2CC[C@@H]3[C@H](C)CCCC(C)(C)O)C[C@@H](O)[C@@H](CC)[C@H]1O. The largest absolute Gasteiger partial charge is 0.392 e. The average molecular weight is 445 g/mol. The van der Waals surface area contributed by atoms with Crippen LogP contribution in [0.15, 0.2) is 35.5 Å². The van der Waals surface area contributed by atoms with E-state index in [1.54, 1.807) is 5.57 Å². The van der Waals surface area contributed by atoms with Crippen molar-refractivity contribution in [3.05, 3.63) is 35.5 Å². The van der Waals surface area contributed by atoms with Crippen molar-refractivity contribution in [2.45, 2.75) is 117 Å². The molecule has 3 fully saturated rings. The van der Waals surface area contributed by atoms with Gasteiger partial charge in [-0.3, -0.25) is 0 Å². The van der Waals surface area contributed by atoms with Gasteiger partial charge in [0, 0.05) is 5.92 Å². The number of rotatable bonds is 7. The van der Waals surface area contributed by atoms with Gasteiger partial charge in [-0.05, 0) is 99.5 Å². The van der Waals surface area contributed by atoms with Gasteiger partial charge < -0.3 is 15.3 Å². The summed E-state index contributed by atoms with van der Waals surface area (Å²) >= 11 is 0. The summed E-state index contributed by atoms with van der Waals surface area (Å²) < 4.78 is 0. The van der Waals surface area contributed by atoms with Gasteiger partial charge in [-0.15, -0.1) is 0 Å². The molecule has 3 N–H and O–H groups in total. The Balaban J connectivity index is 1.71. The molecule has 7 atom stereocenters. The molecule has 32 heavy (non-hydrogen) atoms. The molecule has 3 saturated carbocycles. The van der Waals surface area contributed by atoms with Crippen molar-refractivity contribution >= 4 is 0 Å². The van der Waals surface area contributed by atoms with E-state index in [0.29, 0.717) is 23.7 Å². The third kappa shape index (κ3) is 5.42. The summed E-state index contributed by atoms with van der Waals surface area (Å²) in [6.07, 6.45) is 14.2. The molecule has 0 aromatic heterocycles. The monoisotopic (exact) mass is 444 g/mol. The summed E-state index contributed by atoms with van der Waals surface area (Å²) in [6, 6.07) is 0. The molecule has 3 aliphatic rings. The van der Waals surface area contributed by atoms with Gasteiger partial charge in [-0.1, -0.05) is 57.9 Å². The summed E-state index contributed by atoms with van der Waals surface area (Å²) in [5, 5.41) is 31.1. The Labute approximate surface area is 196 Å². The highest BCUT2D eigenvalue weighted by molar-refractivity contribution is 5.39. The normalized spacial score (nSPS) is 39.5. The smallest absolute Gasteiger partial charge is 0.0839 e. The van der Waals surface area contributed by atoms with Gasteiger partial charge in [-0.2, -0.15) is 0 Å². The van der Waals surface area contributed by atoms with Crippen LogP contribution in [0.2, 0.25) is 0 Å². The summed E-state index contributed by atoms with van der Waals surface area (Å²) in [5.74, 6) is 1.99. The van der Waals surface area contributed by atoms with Crippen molar-refractivity contribution in [2.24, 2.45) is 29.1 Å². The van der Waals surface area contributed by atoms with Crippen LogP contribution in [-0.2, 0) is 0 Å². The lowest BCUT2D eigenvalue weighted by molar-refractivity contribution is 0.0167. The Bertz CT molecular complexity index is 727. The van der Waals surface area contributed by atoms with E-state index in [9.17, 15) is 15.3 Å². The van der Waals surface area contributed by atoms with E-state index in [-0.39, 0.29) is 5.92 Å². The standard InChI is InChI=1S/C29H48O3/c1-7-23-26(30)18-22(20(3)27(23)31)13-12-21-11-9-17-29(6)24(14-15-25(21)29)19(2)10-8-16-28(4,5)32/h12-13,19,23-27,30-32H,3,7-11,14-18H2,1-2,4-6H3/b21-12?,22-13-/t19-,23-,24-,25?,26-,27+,29-/m1/s1. The van der Waals surface area contributed by atoms with E-state index in [1.165, 1.54) is 38.5 Å². The van der Waals surface area contributed by atoms with E-state index >= 15 is 0 Å². The first-order valence-electron chi connectivity index (χ1n) is 13.1. The van der Waals surface area contributed by atoms with Crippen molar-refractivity contribution in [1.82, 2.24) is 0 Å². The van der Waals surface area contributed by atoms with Crippen LogP contribution in [0, 0.1) is 29.1 Å². The lowest BCUT2D eigenvalue weighted by atomic mass is 9.60. The Hall–Kier alpha value is -0.900. The number of hydrogen-bond acceptors (Lipinski definition) is 3. The molecule has 0 aliphatic heterocycles. The Morgan fingerprint density at radius 1 is 1.22 bits per heavy atom. The Kier molecular flexibility index (Phi) is 8.16. The van der Waals surface area contributed by atoms with Gasteiger partial charge in [0.1, 0.15) is 0 Å². The fourth-order valence-corrected chi connectivity index (χ4v) is 7.32. The van der Waals surface area contributed by atoms with Gasteiger partial charge in [0.05, 0.1) is 17.8 Å². The second-order valence-corrected chi connectivity index (χ2v) is 12.0. The highest BCUT2D eigenvalue weighted by atomic mass is 16.3. The molecule has 0 saturated heterocycles. The first-order valence-corrected chi connectivity index (χ1v) is 13.1. The summed E-state index contributed by atoms with van der Waals surface area (Å²) in [5.41, 5.74) is 3.18. The minimum atomic E-state index is -0.634. The van der Waals surface area contributed by atoms with E-state index in [2.05, 4.69) is 32.6 Å². The number of hydrogen-bond donors (Lipinski definition) is 3. The highest BCUT2D eigenvalue weighted by Gasteiger charge is 2.50. The maximum absolute atomic E-state index is 10.6. The molecule has 0 radical (unpaired) electrons. The van der Waals surface area contributed by atoms with Crippen LogP contribution in [0.3, 0.4) is 0 Å². The Morgan fingerprint density at radius 2 is 1.94 bits per heavy atom. The fraction of sp³-hybridized carbons (Fsp3) is 0.793. The van der Waals surface area contributed by atoms with E-state index in [4.69, 9.17) is 0 Å².